The number of hydrogen-bond donors (Lipinski definition) is 1. The van der Waals surface area contributed by atoms with Crippen LogP contribution >= 0.6 is 11.3 Å². The first kappa shape index (κ1) is 18.3. The second-order valence-corrected chi connectivity index (χ2v) is 7.71. The van der Waals surface area contributed by atoms with Crippen molar-refractivity contribution in [3.05, 3.63) is 57.6 Å². The molecule has 1 aliphatic heterocycles. The van der Waals surface area contributed by atoms with Crippen LogP contribution in [-0.2, 0) is 13.0 Å². The van der Waals surface area contributed by atoms with Gasteiger partial charge in [0.2, 0.25) is 0 Å². The van der Waals surface area contributed by atoms with Crippen LogP contribution in [0.5, 0.6) is 0 Å². The quantitative estimate of drug-likeness (QED) is 0.708. The van der Waals surface area contributed by atoms with Crippen molar-refractivity contribution in [2.75, 3.05) is 26.2 Å². The number of thiazole rings is 1. The van der Waals surface area contributed by atoms with Crippen LogP contribution in [0, 0.1) is 0 Å². The highest BCUT2D eigenvalue weighted by molar-refractivity contribution is 7.16. The second kappa shape index (κ2) is 8.29. The normalized spacial score (nSPS) is 16.6. The van der Waals surface area contributed by atoms with Crippen molar-refractivity contribution in [3.8, 4) is 0 Å². The van der Waals surface area contributed by atoms with Crippen molar-refractivity contribution in [2.45, 2.75) is 32.4 Å². The van der Waals surface area contributed by atoms with Crippen LogP contribution in [0.3, 0.4) is 0 Å². The molecule has 1 unspecified atom stereocenters. The zero-order chi connectivity index (χ0) is 18.6. The number of piperazine rings is 1. The fourth-order valence-corrected chi connectivity index (χ4v) is 4.47. The molecule has 1 aliphatic rings. The molecular weight excluding hydrogens is 358 g/mol. The summed E-state index contributed by atoms with van der Waals surface area (Å²) in [5.41, 5.74) is 3.42. The molecule has 0 amide bonds. The molecule has 4 rings (SSSR count). The zero-order valence-electron chi connectivity index (χ0n) is 15.6. The van der Waals surface area contributed by atoms with Crippen LogP contribution in [0.2, 0.25) is 0 Å². The highest BCUT2D eigenvalue weighted by Gasteiger charge is 2.26. The Bertz CT molecular complexity index is 946. The topological polar surface area (TPSA) is 63.1 Å². The van der Waals surface area contributed by atoms with Crippen molar-refractivity contribution in [2.24, 2.45) is 0 Å². The van der Waals surface area contributed by atoms with Gasteiger partial charge in [-0.3, -0.25) is 14.3 Å². The lowest BCUT2D eigenvalue weighted by atomic mass is 10.1. The molecule has 0 spiro atoms. The third kappa shape index (κ3) is 3.81. The van der Waals surface area contributed by atoms with Crippen LogP contribution in [0.1, 0.15) is 30.8 Å². The maximum absolute atomic E-state index is 13.2. The van der Waals surface area contributed by atoms with Gasteiger partial charge in [-0.2, -0.15) is 0 Å². The van der Waals surface area contributed by atoms with Crippen molar-refractivity contribution in [1.82, 2.24) is 24.8 Å². The molecular formula is C20H25N5OS. The molecule has 0 aliphatic carbocycles. The molecule has 3 heterocycles. The van der Waals surface area contributed by atoms with Crippen LogP contribution in [0.25, 0.3) is 10.3 Å². The van der Waals surface area contributed by atoms with E-state index in [9.17, 15) is 4.79 Å². The number of nitrogens with one attached hydrogen (secondary N) is 1. The van der Waals surface area contributed by atoms with E-state index in [1.165, 1.54) is 16.9 Å². The van der Waals surface area contributed by atoms with Crippen molar-refractivity contribution >= 4 is 21.7 Å². The fourth-order valence-electron chi connectivity index (χ4n) is 3.82. The highest BCUT2D eigenvalue weighted by Crippen LogP contribution is 2.25. The van der Waals surface area contributed by atoms with Gasteiger partial charge >= 0.3 is 0 Å². The first-order chi connectivity index (χ1) is 13.3. The van der Waals surface area contributed by atoms with Gasteiger partial charge in [0.15, 0.2) is 10.3 Å². The van der Waals surface area contributed by atoms with Gasteiger partial charge in [-0.05, 0) is 18.4 Å². The van der Waals surface area contributed by atoms with Crippen LogP contribution in [-0.4, -0.2) is 45.6 Å². The number of rotatable bonds is 6. The van der Waals surface area contributed by atoms with Crippen LogP contribution < -0.4 is 10.9 Å². The molecule has 0 bridgehead atoms. The Morgan fingerprint density at radius 3 is 2.74 bits per heavy atom. The molecule has 1 saturated heterocycles. The summed E-state index contributed by atoms with van der Waals surface area (Å²) in [4.78, 5) is 25.6. The van der Waals surface area contributed by atoms with Gasteiger partial charge in [0, 0.05) is 32.7 Å². The molecule has 3 aromatic rings. The first-order valence-corrected chi connectivity index (χ1v) is 10.5. The third-order valence-corrected chi connectivity index (χ3v) is 5.95. The standard InChI is InChI=1S/C20H25N5OS/c1-2-16(24-12-9-21-10-13-24)18-23-19-17(22-14-27-19)20(26)25(18)11-8-15-6-4-3-5-7-15/h3-7,14,16,21H,2,8-13H2,1H3. The predicted molar refractivity (Wildman–Crippen MR) is 109 cm³/mol. The fraction of sp³-hybridized carbons (Fsp3) is 0.450. The molecule has 7 heteroatoms. The lowest BCUT2D eigenvalue weighted by Crippen LogP contribution is -2.46. The zero-order valence-corrected chi connectivity index (χ0v) is 16.4. The molecule has 1 fully saturated rings. The van der Waals surface area contributed by atoms with Crippen molar-refractivity contribution in [1.29, 1.82) is 0 Å². The van der Waals surface area contributed by atoms with E-state index < -0.39 is 0 Å². The Kier molecular flexibility index (Phi) is 5.61. The Hall–Kier alpha value is -2.09. The molecule has 6 nitrogen and oxygen atoms in total. The number of nitrogens with zero attached hydrogens (tertiary/aromatic N) is 4. The highest BCUT2D eigenvalue weighted by atomic mass is 32.1. The molecule has 27 heavy (non-hydrogen) atoms. The molecule has 1 N–H and O–H groups in total. The van der Waals surface area contributed by atoms with Gasteiger partial charge in [0.25, 0.3) is 5.56 Å². The molecule has 1 atom stereocenters. The summed E-state index contributed by atoms with van der Waals surface area (Å²) in [6.07, 6.45) is 1.74. The minimum absolute atomic E-state index is 0.0132. The van der Waals surface area contributed by atoms with Gasteiger partial charge in [-0.25, -0.2) is 9.97 Å². The van der Waals surface area contributed by atoms with E-state index in [1.54, 1.807) is 5.51 Å². The maximum atomic E-state index is 13.2. The van der Waals surface area contributed by atoms with Gasteiger partial charge in [0.05, 0.1) is 11.6 Å². The van der Waals surface area contributed by atoms with E-state index in [-0.39, 0.29) is 11.6 Å². The molecule has 142 valence electrons. The molecule has 1 aromatic carbocycles. The van der Waals surface area contributed by atoms with Gasteiger partial charge in [-0.1, -0.05) is 37.3 Å². The summed E-state index contributed by atoms with van der Waals surface area (Å²) >= 11 is 1.45. The van der Waals surface area contributed by atoms with Crippen molar-refractivity contribution < 1.29 is 0 Å². The van der Waals surface area contributed by atoms with E-state index in [0.717, 1.165) is 49.7 Å². The van der Waals surface area contributed by atoms with E-state index >= 15 is 0 Å². The Labute approximate surface area is 162 Å². The van der Waals surface area contributed by atoms with Gasteiger partial charge < -0.3 is 5.32 Å². The van der Waals surface area contributed by atoms with Gasteiger partial charge in [0.1, 0.15) is 5.82 Å². The SMILES string of the molecule is CCC(c1nc2scnc2c(=O)n1CCc1ccccc1)N1CCNCC1. The minimum Gasteiger partial charge on any atom is -0.314 e. The van der Waals surface area contributed by atoms with E-state index in [0.29, 0.717) is 12.1 Å². The monoisotopic (exact) mass is 383 g/mol. The summed E-state index contributed by atoms with van der Waals surface area (Å²) in [6.45, 7) is 6.72. The van der Waals surface area contributed by atoms with Crippen LogP contribution in [0.4, 0.5) is 0 Å². The van der Waals surface area contributed by atoms with Crippen LogP contribution in [0.15, 0.2) is 40.6 Å². The van der Waals surface area contributed by atoms with E-state index in [4.69, 9.17) is 4.98 Å². The van der Waals surface area contributed by atoms with Gasteiger partial charge in [-0.15, -0.1) is 11.3 Å². The first-order valence-electron chi connectivity index (χ1n) is 9.60. The predicted octanol–water partition coefficient (Wildman–Crippen LogP) is 2.45. The summed E-state index contributed by atoms with van der Waals surface area (Å²) in [5, 5.41) is 3.40. The number of aromatic nitrogens is 3. The second-order valence-electron chi connectivity index (χ2n) is 6.88. The number of benzene rings is 1. The summed E-state index contributed by atoms with van der Waals surface area (Å²) in [5.74, 6) is 0.886. The lowest BCUT2D eigenvalue weighted by molar-refractivity contribution is 0.158. The smallest absolute Gasteiger partial charge is 0.280 e. The Balaban J connectivity index is 1.73. The Morgan fingerprint density at radius 1 is 1.22 bits per heavy atom. The average molecular weight is 384 g/mol. The summed E-state index contributed by atoms with van der Waals surface area (Å²) in [6, 6.07) is 10.5. The molecule has 2 aromatic heterocycles. The number of fused-ring (bicyclic) bond motifs is 1. The third-order valence-electron chi connectivity index (χ3n) is 5.23. The number of aryl methyl sites for hydroxylation is 1. The summed E-state index contributed by atoms with van der Waals surface area (Å²) in [7, 11) is 0. The lowest BCUT2D eigenvalue weighted by Gasteiger charge is -2.34. The number of hydrogen-bond acceptors (Lipinski definition) is 6. The Morgan fingerprint density at radius 2 is 2.00 bits per heavy atom. The van der Waals surface area contributed by atoms with Crippen molar-refractivity contribution in [3.63, 3.8) is 0 Å². The maximum Gasteiger partial charge on any atom is 0.280 e. The molecule has 0 radical (unpaired) electrons. The van der Waals surface area contributed by atoms with E-state index in [1.807, 2.05) is 22.8 Å². The molecule has 0 saturated carbocycles. The largest absolute Gasteiger partial charge is 0.314 e. The summed E-state index contributed by atoms with van der Waals surface area (Å²) < 4.78 is 1.87. The minimum atomic E-state index is -0.0132. The van der Waals surface area contributed by atoms with E-state index in [2.05, 4.69) is 34.3 Å². The average Bonchev–Trinajstić information content (AvgIpc) is 3.19.